The predicted molar refractivity (Wildman–Crippen MR) is 96.1 cm³/mol. The summed E-state index contributed by atoms with van der Waals surface area (Å²) in [7, 11) is 0. The van der Waals surface area contributed by atoms with Gasteiger partial charge in [0.25, 0.3) is 0 Å². The Hall–Kier alpha value is -1.31. The van der Waals surface area contributed by atoms with E-state index in [-0.39, 0.29) is 0 Å². The fourth-order valence-corrected chi connectivity index (χ4v) is 2.28. The maximum Gasteiger partial charge on any atom is 0.327 e. The van der Waals surface area contributed by atoms with Crippen molar-refractivity contribution >= 4 is 5.97 Å². The molecule has 0 aromatic carbocycles. The van der Waals surface area contributed by atoms with Crippen molar-refractivity contribution in [3.8, 4) is 0 Å². The van der Waals surface area contributed by atoms with Crippen LogP contribution in [0, 0.1) is 0 Å². The van der Waals surface area contributed by atoms with Crippen LogP contribution in [0.1, 0.15) is 84.0 Å². The SMILES string of the molecule is CCCCCC=CC=CCCCCCCCCC=CC(=O)O. The van der Waals surface area contributed by atoms with Crippen LogP contribution in [-0.4, -0.2) is 11.1 Å². The normalized spacial score (nSPS) is 12.0. The van der Waals surface area contributed by atoms with Crippen LogP contribution in [0.15, 0.2) is 36.5 Å². The molecule has 2 heteroatoms. The molecule has 1 N–H and O–H groups in total. The van der Waals surface area contributed by atoms with Crippen molar-refractivity contribution in [2.45, 2.75) is 84.0 Å². The average Bonchev–Trinajstić information content (AvgIpc) is 2.50. The second kappa shape index (κ2) is 17.7. The second-order valence-electron chi connectivity index (χ2n) is 5.79. The predicted octanol–water partition coefficient (Wildman–Crippen LogP) is 6.44. The second-order valence-corrected chi connectivity index (χ2v) is 5.79. The number of aliphatic carboxylic acids is 1. The highest BCUT2D eigenvalue weighted by Crippen LogP contribution is 2.09. The van der Waals surface area contributed by atoms with Crippen molar-refractivity contribution in [1.82, 2.24) is 0 Å². The molecule has 0 radical (unpaired) electrons. The Bertz CT molecular complexity index is 327. The Labute approximate surface area is 137 Å². The zero-order valence-corrected chi connectivity index (χ0v) is 14.3. The first kappa shape index (κ1) is 20.7. The molecule has 0 rings (SSSR count). The lowest BCUT2D eigenvalue weighted by atomic mass is 10.1. The molecule has 126 valence electrons. The summed E-state index contributed by atoms with van der Waals surface area (Å²) in [5.41, 5.74) is 0. The van der Waals surface area contributed by atoms with E-state index in [0.717, 1.165) is 12.8 Å². The molecule has 0 aliphatic heterocycles. The van der Waals surface area contributed by atoms with Gasteiger partial charge in [0.15, 0.2) is 0 Å². The summed E-state index contributed by atoms with van der Waals surface area (Å²) in [5.74, 6) is -0.844. The number of carboxylic acid groups (broad SMARTS) is 1. The minimum Gasteiger partial charge on any atom is -0.478 e. The van der Waals surface area contributed by atoms with Gasteiger partial charge in [0.05, 0.1) is 0 Å². The Morgan fingerprint density at radius 2 is 1.18 bits per heavy atom. The molecule has 0 aliphatic carbocycles. The van der Waals surface area contributed by atoms with Crippen LogP contribution >= 0.6 is 0 Å². The first-order valence-corrected chi connectivity index (χ1v) is 8.98. The smallest absolute Gasteiger partial charge is 0.327 e. The minimum absolute atomic E-state index is 0.844. The lowest BCUT2D eigenvalue weighted by Crippen LogP contribution is -1.85. The highest BCUT2D eigenvalue weighted by atomic mass is 16.4. The number of hydrogen-bond donors (Lipinski definition) is 1. The summed E-state index contributed by atoms with van der Waals surface area (Å²) in [4.78, 5) is 10.3. The van der Waals surface area contributed by atoms with Crippen LogP contribution in [0.3, 0.4) is 0 Å². The molecule has 0 aliphatic rings. The number of carboxylic acids is 1. The number of carbonyl (C=O) groups is 1. The third kappa shape index (κ3) is 18.7. The summed E-state index contributed by atoms with van der Waals surface area (Å²) in [6, 6.07) is 0. The number of unbranched alkanes of at least 4 members (excludes halogenated alkanes) is 10. The molecule has 0 heterocycles. The van der Waals surface area contributed by atoms with Crippen LogP contribution in [-0.2, 0) is 4.79 Å². The summed E-state index contributed by atoms with van der Waals surface area (Å²) in [6.07, 6.45) is 26.6. The Morgan fingerprint density at radius 1 is 0.727 bits per heavy atom. The number of allylic oxidation sites excluding steroid dienone is 5. The lowest BCUT2D eigenvalue weighted by Gasteiger charge is -1.99. The summed E-state index contributed by atoms with van der Waals surface area (Å²) in [5, 5.41) is 8.44. The molecule has 0 spiro atoms. The first-order chi connectivity index (χ1) is 10.8. The molecule has 0 aromatic rings. The molecule has 0 saturated heterocycles. The van der Waals surface area contributed by atoms with Gasteiger partial charge in [-0.15, -0.1) is 0 Å². The summed E-state index contributed by atoms with van der Waals surface area (Å²) in [6.45, 7) is 2.24. The van der Waals surface area contributed by atoms with Gasteiger partial charge in [0, 0.05) is 6.08 Å². The minimum atomic E-state index is -0.844. The van der Waals surface area contributed by atoms with E-state index in [4.69, 9.17) is 5.11 Å². The van der Waals surface area contributed by atoms with Gasteiger partial charge in [-0.25, -0.2) is 4.79 Å². The van der Waals surface area contributed by atoms with Crippen LogP contribution in [0.5, 0.6) is 0 Å². The van der Waals surface area contributed by atoms with Gasteiger partial charge in [-0.3, -0.25) is 0 Å². The van der Waals surface area contributed by atoms with Gasteiger partial charge in [-0.1, -0.05) is 75.8 Å². The zero-order chi connectivity index (χ0) is 16.3. The van der Waals surface area contributed by atoms with Crippen LogP contribution in [0.25, 0.3) is 0 Å². The fourth-order valence-electron chi connectivity index (χ4n) is 2.28. The van der Waals surface area contributed by atoms with E-state index in [9.17, 15) is 4.79 Å². The van der Waals surface area contributed by atoms with Gasteiger partial charge >= 0.3 is 5.97 Å². The quantitative estimate of drug-likeness (QED) is 0.215. The van der Waals surface area contributed by atoms with E-state index >= 15 is 0 Å². The molecule has 2 nitrogen and oxygen atoms in total. The van der Waals surface area contributed by atoms with E-state index < -0.39 is 5.97 Å². The van der Waals surface area contributed by atoms with Crippen molar-refractivity contribution in [3.05, 3.63) is 36.5 Å². The molecule has 0 saturated carbocycles. The largest absolute Gasteiger partial charge is 0.478 e. The molecule has 0 atom stereocenters. The van der Waals surface area contributed by atoms with Gasteiger partial charge in [0.2, 0.25) is 0 Å². The van der Waals surface area contributed by atoms with E-state index in [1.54, 1.807) is 6.08 Å². The van der Waals surface area contributed by atoms with E-state index in [2.05, 4.69) is 31.2 Å². The highest BCUT2D eigenvalue weighted by Gasteiger charge is 1.90. The topological polar surface area (TPSA) is 37.3 Å². The van der Waals surface area contributed by atoms with Gasteiger partial charge in [0.1, 0.15) is 0 Å². The molecule has 0 amide bonds. The highest BCUT2D eigenvalue weighted by molar-refractivity contribution is 5.79. The Morgan fingerprint density at radius 3 is 1.68 bits per heavy atom. The maximum atomic E-state index is 10.3. The molecule has 0 unspecified atom stereocenters. The number of rotatable bonds is 15. The van der Waals surface area contributed by atoms with Gasteiger partial charge < -0.3 is 5.11 Å². The van der Waals surface area contributed by atoms with Gasteiger partial charge in [-0.05, 0) is 38.5 Å². The zero-order valence-electron chi connectivity index (χ0n) is 14.3. The van der Waals surface area contributed by atoms with Crippen molar-refractivity contribution in [2.24, 2.45) is 0 Å². The van der Waals surface area contributed by atoms with Crippen molar-refractivity contribution in [3.63, 3.8) is 0 Å². The van der Waals surface area contributed by atoms with Crippen LogP contribution in [0.4, 0.5) is 0 Å². The molecular weight excluding hydrogens is 272 g/mol. The third-order valence-corrected chi connectivity index (χ3v) is 3.61. The number of hydrogen-bond acceptors (Lipinski definition) is 1. The first-order valence-electron chi connectivity index (χ1n) is 8.98. The Kier molecular flexibility index (Phi) is 16.7. The molecule has 22 heavy (non-hydrogen) atoms. The summed E-state index contributed by atoms with van der Waals surface area (Å²) >= 11 is 0. The van der Waals surface area contributed by atoms with Crippen molar-refractivity contribution in [1.29, 1.82) is 0 Å². The Balaban J connectivity index is 3.21. The molecule has 0 bridgehead atoms. The van der Waals surface area contributed by atoms with E-state index in [1.165, 1.54) is 70.3 Å². The van der Waals surface area contributed by atoms with Crippen LogP contribution < -0.4 is 0 Å². The standard InChI is InChI=1S/C20H34O2/c1-2-3-4-5-6-7-8-9-10-11-12-13-14-15-16-17-18-19-20(21)22/h6-9,18-19H,2-5,10-17H2,1H3,(H,21,22). The molecular formula is C20H34O2. The van der Waals surface area contributed by atoms with Crippen molar-refractivity contribution in [2.75, 3.05) is 0 Å². The average molecular weight is 306 g/mol. The van der Waals surface area contributed by atoms with Crippen molar-refractivity contribution < 1.29 is 9.90 Å². The van der Waals surface area contributed by atoms with E-state index in [1.807, 2.05) is 0 Å². The fraction of sp³-hybridized carbons (Fsp3) is 0.650. The van der Waals surface area contributed by atoms with E-state index in [0.29, 0.717) is 0 Å². The molecule has 0 aromatic heterocycles. The van der Waals surface area contributed by atoms with Crippen LogP contribution in [0.2, 0.25) is 0 Å². The summed E-state index contributed by atoms with van der Waals surface area (Å²) < 4.78 is 0. The molecule has 0 fully saturated rings. The maximum absolute atomic E-state index is 10.3. The third-order valence-electron chi connectivity index (χ3n) is 3.61. The monoisotopic (exact) mass is 306 g/mol. The van der Waals surface area contributed by atoms with Gasteiger partial charge in [-0.2, -0.15) is 0 Å². The lowest BCUT2D eigenvalue weighted by molar-refractivity contribution is -0.131.